The van der Waals surface area contributed by atoms with Crippen molar-refractivity contribution in [2.45, 2.75) is 38.1 Å². The van der Waals surface area contributed by atoms with Crippen LogP contribution in [0, 0.1) is 24.1 Å². The summed E-state index contributed by atoms with van der Waals surface area (Å²) >= 11 is 1.32. The molecule has 4 heterocycles. The van der Waals surface area contributed by atoms with Gasteiger partial charge >= 0.3 is 0 Å². The van der Waals surface area contributed by atoms with Gasteiger partial charge in [-0.2, -0.15) is 14.6 Å². The van der Waals surface area contributed by atoms with Gasteiger partial charge in [0.05, 0.1) is 29.9 Å². The summed E-state index contributed by atoms with van der Waals surface area (Å²) in [5, 5.41) is 13.2. The van der Waals surface area contributed by atoms with E-state index in [1.54, 1.807) is 0 Å². The zero-order chi connectivity index (χ0) is 18.9. The van der Waals surface area contributed by atoms with Crippen LogP contribution in [0.4, 0.5) is 21.2 Å². The zero-order valence-electron chi connectivity index (χ0n) is 15.3. The minimum absolute atomic E-state index is 0.186. The molecule has 0 aliphatic carbocycles. The molecule has 4 rings (SSSR count). The normalized spacial score (nSPS) is 19.4. The molecule has 0 aromatic carbocycles. The van der Waals surface area contributed by atoms with Gasteiger partial charge < -0.3 is 10.2 Å². The standard InChI is InChI=1S/C18H22FN7S/c1-13-9-15(27-24-13)22-17-21-10-14(19)16(23-17)25-11-18(12-25,5-6-20)26-7-3-2-4-8-26/h9-10H,2-5,7-8,11-12H2,1H3,(H,21,22,23). The molecule has 0 unspecified atom stereocenters. The Balaban J connectivity index is 1.50. The highest BCUT2D eigenvalue weighted by atomic mass is 32.1. The number of rotatable bonds is 5. The number of aryl methyl sites for hydroxylation is 1. The highest BCUT2D eigenvalue weighted by molar-refractivity contribution is 7.10. The molecular formula is C18H22FN7S. The number of hydrogen-bond donors (Lipinski definition) is 1. The van der Waals surface area contributed by atoms with Crippen LogP contribution in [0.3, 0.4) is 0 Å². The topological polar surface area (TPSA) is 81.0 Å². The Morgan fingerprint density at radius 3 is 2.78 bits per heavy atom. The number of aromatic nitrogens is 3. The predicted octanol–water partition coefficient (Wildman–Crippen LogP) is 3.08. The molecule has 2 aliphatic rings. The fourth-order valence-electron chi connectivity index (χ4n) is 3.93. The Bertz CT molecular complexity index is 850. The quantitative estimate of drug-likeness (QED) is 0.844. The molecule has 2 fully saturated rings. The summed E-state index contributed by atoms with van der Waals surface area (Å²) in [4.78, 5) is 12.7. The Morgan fingerprint density at radius 2 is 2.11 bits per heavy atom. The van der Waals surface area contributed by atoms with Crippen molar-refractivity contribution in [2.75, 3.05) is 36.4 Å². The van der Waals surface area contributed by atoms with Crippen LogP contribution in [0.5, 0.6) is 0 Å². The Hall–Kier alpha value is -2.31. The number of hydrogen-bond acceptors (Lipinski definition) is 8. The van der Waals surface area contributed by atoms with Gasteiger partial charge in [-0.15, -0.1) is 0 Å². The lowest BCUT2D eigenvalue weighted by Crippen LogP contribution is -2.71. The first-order valence-corrected chi connectivity index (χ1v) is 9.97. The highest BCUT2D eigenvalue weighted by Gasteiger charge is 2.48. The number of nitrogens with zero attached hydrogens (tertiary/aromatic N) is 6. The molecule has 7 nitrogen and oxygen atoms in total. The average molecular weight is 387 g/mol. The number of piperidine rings is 1. The second-order valence-electron chi connectivity index (χ2n) is 7.29. The number of nitrogens with one attached hydrogen (secondary N) is 1. The summed E-state index contributed by atoms with van der Waals surface area (Å²) in [6.07, 6.45) is 5.23. The van der Waals surface area contributed by atoms with Crippen LogP contribution in [0.15, 0.2) is 12.3 Å². The SMILES string of the molecule is Cc1cc(Nc2ncc(F)c(N3CC(CC#N)(N4CCCCC4)C3)n2)sn1. The van der Waals surface area contributed by atoms with Gasteiger partial charge in [0.25, 0.3) is 0 Å². The first kappa shape index (κ1) is 18.1. The van der Waals surface area contributed by atoms with Gasteiger partial charge in [0.15, 0.2) is 11.6 Å². The zero-order valence-corrected chi connectivity index (χ0v) is 16.1. The van der Waals surface area contributed by atoms with Crippen LogP contribution in [-0.4, -0.2) is 51.0 Å². The van der Waals surface area contributed by atoms with Gasteiger partial charge in [-0.05, 0) is 50.5 Å². The van der Waals surface area contributed by atoms with Gasteiger partial charge in [-0.3, -0.25) is 4.90 Å². The van der Waals surface area contributed by atoms with E-state index >= 15 is 0 Å². The fourth-order valence-corrected chi connectivity index (χ4v) is 4.58. The van der Waals surface area contributed by atoms with Crippen molar-refractivity contribution in [1.82, 2.24) is 19.2 Å². The number of nitriles is 1. The van der Waals surface area contributed by atoms with Crippen LogP contribution in [-0.2, 0) is 0 Å². The van der Waals surface area contributed by atoms with E-state index in [2.05, 4.69) is 30.6 Å². The van der Waals surface area contributed by atoms with Crippen molar-refractivity contribution < 1.29 is 4.39 Å². The summed E-state index contributed by atoms with van der Waals surface area (Å²) in [5.74, 6) is 0.204. The summed E-state index contributed by atoms with van der Waals surface area (Å²) in [5.41, 5.74) is 0.727. The minimum atomic E-state index is -0.440. The molecule has 0 bridgehead atoms. The van der Waals surface area contributed by atoms with E-state index in [0.29, 0.717) is 31.3 Å². The highest BCUT2D eigenvalue weighted by Crippen LogP contribution is 2.37. The van der Waals surface area contributed by atoms with Gasteiger partial charge in [0, 0.05) is 13.1 Å². The van der Waals surface area contributed by atoms with E-state index < -0.39 is 5.82 Å². The van der Waals surface area contributed by atoms with Crippen LogP contribution >= 0.6 is 11.5 Å². The molecule has 2 saturated heterocycles. The maximum atomic E-state index is 14.4. The van der Waals surface area contributed by atoms with Gasteiger partial charge in [0.1, 0.15) is 5.00 Å². The number of anilines is 3. The first-order chi connectivity index (χ1) is 13.1. The third-order valence-electron chi connectivity index (χ3n) is 5.29. The van der Waals surface area contributed by atoms with Crippen LogP contribution < -0.4 is 10.2 Å². The lowest BCUT2D eigenvalue weighted by Gasteiger charge is -2.56. The van der Waals surface area contributed by atoms with E-state index in [4.69, 9.17) is 0 Å². The largest absolute Gasteiger partial charge is 0.350 e. The molecule has 2 aliphatic heterocycles. The Kier molecular flexibility index (Phi) is 4.93. The van der Waals surface area contributed by atoms with Crippen molar-refractivity contribution in [3.8, 4) is 6.07 Å². The Labute approximate surface area is 162 Å². The van der Waals surface area contributed by atoms with E-state index in [1.165, 1.54) is 24.2 Å². The molecule has 1 N–H and O–H groups in total. The van der Waals surface area contributed by atoms with E-state index in [1.807, 2.05) is 17.9 Å². The second kappa shape index (κ2) is 7.37. The molecule has 0 amide bonds. The molecule has 0 atom stereocenters. The Morgan fingerprint density at radius 1 is 1.33 bits per heavy atom. The third-order valence-corrected chi connectivity index (χ3v) is 6.09. The average Bonchev–Trinajstić information content (AvgIpc) is 3.05. The van der Waals surface area contributed by atoms with E-state index in [9.17, 15) is 9.65 Å². The van der Waals surface area contributed by atoms with Crippen molar-refractivity contribution >= 4 is 28.3 Å². The van der Waals surface area contributed by atoms with E-state index in [0.717, 1.165) is 36.6 Å². The molecule has 0 spiro atoms. The minimum Gasteiger partial charge on any atom is -0.350 e. The lowest BCUT2D eigenvalue weighted by molar-refractivity contribution is 0.0435. The molecule has 27 heavy (non-hydrogen) atoms. The monoisotopic (exact) mass is 387 g/mol. The molecule has 9 heteroatoms. The van der Waals surface area contributed by atoms with Crippen molar-refractivity contribution in [3.63, 3.8) is 0 Å². The first-order valence-electron chi connectivity index (χ1n) is 9.19. The summed E-state index contributed by atoms with van der Waals surface area (Å²) in [6.45, 7) is 5.17. The third kappa shape index (κ3) is 3.59. The van der Waals surface area contributed by atoms with Crippen LogP contribution in [0.1, 0.15) is 31.4 Å². The van der Waals surface area contributed by atoms with Crippen molar-refractivity contribution in [3.05, 3.63) is 23.8 Å². The molecule has 142 valence electrons. The fraction of sp³-hybridized carbons (Fsp3) is 0.556. The van der Waals surface area contributed by atoms with Gasteiger partial charge in [-0.25, -0.2) is 9.37 Å². The maximum Gasteiger partial charge on any atom is 0.229 e. The second-order valence-corrected chi connectivity index (χ2v) is 8.09. The maximum absolute atomic E-state index is 14.4. The lowest BCUT2D eigenvalue weighted by atomic mass is 9.83. The van der Waals surface area contributed by atoms with Gasteiger partial charge in [-0.1, -0.05) is 6.42 Å². The molecule has 0 radical (unpaired) electrons. The van der Waals surface area contributed by atoms with Crippen molar-refractivity contribution in [2.24, 2.45) is 0 Å². The molecule has 0 saturated carbocycles. The van der Waals surface area contributed by atoms with Crippen LogP contribution in [0.2, 0.25) is 0 Å². The predicted molar refractivity (Wildman–Crippen MR) is 103 cm³/mol. The molecular weight excluding hydrogens is 365 g/mol. The summed E-state index contributed by atoms with van der Waals surface area (Å²) in [7, 11) is 0. The van der Waals surface area contributed by atoms with E-state index in [-0.39, 0.29) is 5.54 Å². The number of likely N-dealkylation sites (tertiary alicyclic amines) is 1. The summed E-state index contributed by atoms with van der Waals surface area (Å²) in [6, 6.07) is 4.23. The molecule has 2 aromatic rings. The number of halogens is 1. The van der Waals surface area contributed by atoms with Gasteiger partial charge in [0.2, 0.25) is 5.95 Å². The van der Waals surface area contributed by atoms with Crippen molar-refractivity contribution in [1.29, 1.82) is 5.26 Å². The smallest absolute Gasteiger partial charge is 0.229 e. The molecule has 2 aromatic heterocycles. The van der Waals surface area contributed by atoms with Crippen LogP contribution in [0.25, 0.3) is 0 Å². The summed E-state index contributed by atoms with van der Waals surface area (Å²) < 4.78 is 18.6.